The first-order valence-electron chi connectivity index (χ1n) is 11.0. The monoisotopic (exact) mass is 410 g/mol. The maximum absolute atomic E-state index is 13.4. The SMILES string of the molecule is CCCCc1ccc(/C=C/C(=O)C2=C(O)C(CC)=C(OC)C(CC)(CC)C2=O)cc1. The third kappa shape index (κ3) is 4.43. The van der Waals surface area contributed by atoms with Gasteiger partial charge in [-0.05, 0) is 49.3 Å². The summed E-state index contributed by atoms with van der Waals surface area (Å²) in [6.45, 7) is 7.87. The lowest BCUT2D eigenvalue weighted by molar-refractivity contribution is -0.128. The molecule has 1 aromatic rings. The topological polar surface area (TPSA) is 63.6 Å². The predicted molar refractivity (Wildman–Crippen MR) is 121 cm³/mol. The van der Waals surface area contributed by atoms with Crippen LogP contribution in [0.1, 0.15) is 70.9 Å². The van der Waals surface area contributed by atoms with Gasteiger partial charge in [0.05, 0.1) is 12.5 Å². The molecule has 0 heterocycles. The Hall–Kier alpha value is -2.62. The average molecular weight is 411 g/mol. The number of benzene rings is 1. The first-order valence-corrected chi connectivity index (χ1v) is 11.0. The lowest BCUT2D eigenvalue weighted by Crippen LogP contribution is -2.40. The summed E-state index contributed by atoms with van der Waals surface area (Å²) in [5.74, 6) is -0.592. The van der Waals surface area contributed by atoms with Crippen molar-refractivity contribution in [1.82, 2.24) is 0 Å². The van der Waals surface area contributed by atoms with Crippen molar-refractivity contribution in [3.8, 4) is 0 Å². The van der Waals surface area contributed by atoms with Crippen LogP contribution in [0, 0.1) is 5.41 Å². The van der Waals surface area contributed by atoms with Gasteiger partial charge in [-0.15, -0.1) is 0 Å². The van der Waals surface area contributed by atoms with Gasteiger partial charge in [-0.3, -0.25) is 9.59 Å². The molecule has 2 rings (SSSR count). The van der Waals surface area contributed by atoms with Crippen molar-refractivity contribution in [3.63, 3.8) is 0 Å². The molecule has 1 aromatic carbocycles. The lowest BCUT2D eigenvalue weighted by atomic mass is 9.68. The van der Waals surface area contributed by atoms with E-state index in [1.807, 2.05) is 32.9 Å². The fourth-order valence-electron chi connectivity index (χ4n) is 4.20. The molecule has 1 aliphatic carbocycles. The van der Waals surface area contributed by atoms with E-state index in [1.54, 1.807) is 6.08 Å². The smallest absolute Gasteiger partial charge is 0.193 e. The molecule has 0 radical (unpaired) electrons. The number of hydrogen-bond donors (Lipinski definition) is 1. The third-order valence-corrected chi connectivity index (χ3v) is 6.13. The van der Waals surface area contributed by atoms with E-state index in [0.29, 0.717) is 30.6 Å². The summed E-state index contributed by atoms with van der Waals surface area (Å²) in [7, 11) is 1.52. The van der Waals surface area contributed by atoms with Gasteiger partial charge in [-0.1, -0.05) is 64.5 Å². The molecule has 30 heavy (non-hydrogen) atoms. The van der Waals surface area contributed by atoms with Gasteiger partial charge in [0.15, 0.2) is 11.6 Å². The highest BCUT2D eigenvalue weighted by atomic mass is 16.5. The fraction of sp³-hybridized carbons (Fsp3) is 0.462. The number of methoxy groups -OCH3 is 1. The highest BCUT2D eigenvalue weighted by molar-refractivity contribution is 6.28. The van der Waals surface area contributed by atoms with Gasteiger partial charge in [-0.2, -0.15) is 0 Å². The van der Waals surface area contributed by atoms with E-state index in [1.165, 1.54) is 18.7 Å². The molecular formula is C26H34O4. The second-order valence-electron chi connectivity index (χ2n) is 7.75. The number of Topliss-reactive ketones (excluding diaryl/α,β-unsaturated/α-hetero) is 1. The van der Waals surface area contributed by atoms with Gasteiger partial charge in [0.1, 0.15) is 17.1 Å². The zero-order valence-electron chi connectivity index (χ0n) is 18.9. The molecule has 0 spiro atoms. The molecule has 0 aliphatic heterocycles. The Morgan fingerprint density at radius 2 is 1.73 bits per heavy atom. The fourth-order valence-corrected chi connectivity index (χ4v) is 4.20. The number of ether oxygens (including phenoxy) is 1. The lowest BCUT2D eigenvalue weighted by Gasteiger charge is -2.37. The van der Waals surface area contributed by atoms with Crippen LogP contribution >= 0.6 is 0 Å². The summed E-state index contributed by atoms with van der Waals surface area (Å²) in [5.41, 5.74) is 1.65. The minimum Gasteiger partial charge on any atom is -0.507 e. The Bertz CT molecular complexity index is 865. The summed E-state index contributed by atoms with van der Waals surface area (Å²) in [6, 6.07) is 8.05. The molecule has 0 amide bonds. The molecule has 0 atom stereocenters. The Labute approximate surface area is 180 Å². The highest BCUT2D eigenvalue weighted by Crippen LogP contribution is 2.46. The van der Waals surface area contributed by atoms with Crippen LogP contribution < -0.4 is 0 Å². The molecule has 0 unspecified atom stereocenters. The number of hydrogen-bond acceptors (Lipinski definition) is 4. The summed E-state index contributed by atoms with van der Waals surface area (Å²) in [6.07, 6.45) is 7.90. The molecule has 1 aliphatic rings. The standard InChI is InChI=1S/C26H34O4/c1-6-10-11-18-12-14-19(15-13-18)16-17-21(27)22-23(28)20(7-2)25(30-5)26(8-3,9-4)24(22)29/h12-17,28H,6-11H2,1-5H3/b17-16+. The summed E-state index contributed by atoms with van der Waals surface area (Å²) in [5, 5.41) is 10.8. The zero-order valence-corrected chi connectivity index (χ0v) is 18.9. The maximum atomic E-state index is 13.4. The number of unbranched alkanes of at least 4 members (excludes halogenated alkanes) is 1. The van der Waals surface area contributed by atoms with E-state index in [9.17, 15) is 14.7 Å². The van der Waals surface area contributed by atoms with E-state index in [0.717, 1.165) is 24.8 Å². The molecule has 0 saturated carbocycles. The maximum Gasteiger partial charge on any atom is 0.193 e. The summed E-state index contributed by atoms with van der Waals surface area (Å²) >= 11 is 0. The molecular weight excluding hydrogens is 376 g/mol. The van der Waals surface area contributed by atoms with E-state index in [-0.39, 0.29) is 17.1 Å². The Morgan fingerprint density at radius 3 is 2.23 bits per heavy atom. The van der Waals surface area contributed by atoms with Crippen molar-refractivity contribution in [2.75, 3.05) is 7.11 Å². The average Bonchev–Trinajstić information content (AvgIpc) is 2.77. The number of aliphatic hydroxyl groups excluding tert-OH is 1. The second kappa shape index (κ2) is 10.4. The van der Waals surface area contributed by atoms with Crippen molar-refractivity contribution in [2.24, 2.45) is 5.41 Å². The molecule has 4 heteroatoms. The van der Waals surface area contributed by atoms with E-state index in [4.69, 9.17) is 4.74 Å². The van der Waals surface area contributed by atoms with Gasteiger partial charge in [0, 0.05) is 5.57 Å². The van der Waals surface area contributed by atoms with Crippen LogP contribution in [0.3, 0.4) is 0 Å². The third-order valence-electron chi connectivity index (χ3n) is 6.13. The molecule has 0 fully saturated rings. The predicted octanol–water partition coefficient (Wildman–Crippen LogP) is 6.12. The number of aryl methyl sites for hydroxylation is 1. The first-order chi connectivity index (χ1) is 14.4. The summed E-state index contributed by atoms with van der Waals surface area (Å²) in [4.78, 5) is 26.3. The Balaban J connectivity index is 2.38. The van der Waals surface area contributed by atoms with Crippen molar-refractivity contribution in [3.05, 3.63) is 64.1 Å². The van der Waals surface area contributed by atoms with Crippen LogP contribution in [0.25, 0.3) is 6.08 Å². The van der Waals surface area contributed by atoms with Crippen molar-refractivity contribution >= 4 is 17.6 Å². The normalized spacial score (nSPS) is 16.5. The Morgan fingerprint density at radius 1 is 1.10 bits per heavy atom. The van der Waals surface area contributed by atoms with Gasteiger partial charge in [0.25, 0.3) is 0 Å². The summed E-state index contributed by atoms with van der Waals surface area (Å²) < 4.78 is 5.57. The van der Waals surface area contributed by atoms with Crippen molar-refractivity contribution < 1.29 is 19.4 Å². The van der Waals surface area contributed by atoms with Crippen LogP contribution in [0.15, 0.2) is 53.0 Å². The van der Waals surface area contributed by atoms with Gasteiger partial charge in [0.2, 0.25) is 0 Å². The first kappa shape index (κ1) is 23.7. The number of aliphatic hydroxyl groups is 1. The van der Waals surface area contributed by atoms with Crippen molar-refractivity contribution in [1.29, 1.82) is 0 Å². The van der Waals surface area contributed by atoms with E-state index in [2.05, 4.69) is 19.1 Å². The zero-order chi connectivity index (χ0) is 22.3. The largest absolute Gasteiger partial charge is 0.507 e. The van der Waals surface area contributed by atoms with Gasteiger partial charge >= 0.3 is 0 Å². The van der Waals surface area contributed by atoms with Crippen LogP contribution in [-0.2, 0) is 20.7 Å². The van der Waals surface area contributed by atoms with Crippen LogP contribution in [0.4, 0.5) is 0 Å². The Kier molecular flexibility index (Phi) is 8.22. The molecule has 0 bridgehead atoms. The van der Waals surface area contributed by atoms with Crippen LogP contribution in [-0.4, -0.2) is 23.8 Å². The highest BCUT2D eigenvalue weighted by Gasteiger charge is 2.49. The molecule has 4 nitrogen and oxygen atoms in total. The van der Waals surface area contributed by atoms with E-state index < -0.39 is 11.2 Å². The number of carbonyl (C=O) groups is 2. The number of ketones is 2. The number of allylic oxidation sites excluding steroid dienone is 4. The molecule has 162 valence electrons. The number of rotatable bonds is 10. The molecule has 0 aromatic heterocycles. The number of carbonyl (C=O) groups excluding carboxylic acids is 2. The van der Waals surface area contributed by atoms with Crippen molar-refractivity contribution in [2.45, 2.75) is 66.2 Å². The van der Waals surface area contributed by atoms with E-state index >= 15 is 0 Å². The van der Waals surface area contributed by atoms with Gasteiger partial charge < -0.3 is 9.84 Å². The van der Waals surface area contributed by atoms with Crippen LogP contribution in [0.5, 0.6) is 0 Å². The quantitative estimate of drug-likeness (QED) is 0.373. The molecule has 0 saturated heterocycles. The second-order valence-corrected chi connectivity index (χ2v) is 7.75. The minimum absolute atomic E-state index is 0.132. The van der Waals surface area contributed by atoms with Crippen LogP contribution in [0.2, 0.25) is 0 Å². The van der Waals surface area contributed by atoms with Gasteiger partial charge in [-0.25, -0.2) is 0 Å². The molecule has 1 N–H and O–H groups in total. The minimum atomic E-state index is -0.911.